The number of sulfonamides is 1. The van der Waals surface area contributed by atoms with Gasteiger partial charge in [0.05, 0.1) is 17.3 Å². The van der Waals surface area contributed by atoms with Crippen LogP contribution in [0.5, 0.6) is 0 Å². The molecule has 1 aromatic heterocycles. The SMILES string of the molecule is COC(=O)Nc1ccc(S(=O)(=O)N2CC(S(=O)(=O)c3nccn3C)C2)cc1. The molecule has 0 bridgehead atoms. The number of imidazole rings is 1. The van der Waals surface area contributed by atoms with Gasteiger partial charge in [-0.15, -0.1) is 0 Å². The van der Waals surface area contributed by atoms with Gasteiger partial charge in [-0.2, -0.15) is 4.31 Å². The highest BCUT2D eigenvalue weighted by Gasteiger charge is 2.45. The van der Waals surface area contributed by atoms with Crippen molar-refractivity contribution in [1.82, 2.24) is 13.9 Å². The number of anilines is 1. The van der Waals surface area contributed by atoms with Gasteiger partial charge in [0.1, 0.15) is 0 Å². The number of carbonyl (C=O) groups excluding carboxylic acids is 1. The van der Waals surface area contributed by atoms with Gasteiger partial charge in [0.2, 0.25) is 25.0 Å². The van der Waals surface area contributed by atoms with E-state index < -0.39 is 31.2 Å². The van der Waals surface area contributed by atoms with Crippen LogP contribution in [0, 0.1) is 0 Å². The van der Waals surface area contributed by atoms with Gasteiger partial charge in [-0.25, -0.2) is 26.6 Å². The van der Waals surface area contributed by atoms with Crippen LogP contribution in [0.1, 0.15) is 0 Å². The Labute approximate surface area is 156 Å². The van der Waals surface area contributed by atoms with E-state index in [4.69, 9.17) is 0 Å². The Kier molecular flexibility index (Phi) is 4.97. The van der Waals surface area contributed by atoms with Crippen LogP contribution >= 0.6 is 0 Å². The summed E-state index contributed by atoms with van der Waals surface area (Å²) in [5, 5.41) is 1.50. The predicted molar refractivity (Wildman–Crippen MR) is 95.4 cm³/mol. The van der Waals surface area contributed by atoms with Crippen LogP contribution in [0.25, 0.3) is 0 Å². The minimum absolute atomic E-state index is 0.00533. The van der Waals surface area contributed by atoms with Crippen molar-refractivity contribution in [3.8, 4) is 0 Å². The minimum atomic E-state index is -3.83. The molecule has 1 fully saturated rings. The van der Waals surface area contributed by atoms with Crippen LogP contribution in [0.4, 0.5) is 10.5 Å². The maximum absolute atomic E-state index is 12.6. The Morgan fingerprint density at radius 3 is 2.33 bits per heavy atom. The fraction of sp³-hybridized carbons (Fsp3) is 0.333. The summed E-state index contributed by atoms with van der Waals surface area (Å²) in [4.78, 5) is 15.0. The third-order valence-electron chi connectivity index (χ3n) is 4.21. The van der Waals surface area contributed by atoms with E-state index in [1.54, 1.807) is 7.05 Å². The zero-order valence-electron chi connectivity index (χ0n) is 14.6. The summed E-state index contributed by atoms with van der Waals surface area (Å²) in [5.41, 5.74) is 0.375. The van der Waals surface area contributed by atoms with Gasteiger partial charge < -0.3 is 9.30 Å². The molecule has 0 aliphatic carbocycles. The van der Waals surface area contributed by atoms with Crippen LogP contribution in [0.15, 0.2) is 46.7 Å². The zero-order chi connectivity index (χ0) is 19.8. The van der Waals surface area contributed by atoms with E-state index in [-0.39, 0.29) is 23.1 Å². The molecule has 0 spiro atoms. The van der Waals surface area contributed by atoms with Gasteiger partial charge in [-0.1, -0.05) is 0 Å². The van der Waals surface area contributed by atoms with Crippen molar-refractivity contribution in [3.63, 3.8) is 0 Å². The number of benzene rings is 1. The van der Waals surface area contributed by atoms with Crippen molar-refractivity contribution in [2.24, 2.45) is 7.05 Å². The third-order valence-corrected chi connectivity index (χ3v) is 8.13. The summed E-state index contributed by atoms with van der Waals surface area (Å²) in [6.07, 6.45) is 2.23. The Hall–Kier alpha value is -2.44. The molecule has 1 aliphatic rings. The number of ether oxygens (including phenoxy) is 1. The maximum Gasteiger partial charge on any atom is 0.411 e. The summed E-state index contributed by atoms with van der Waals surface area (Å²) in [6.45, 7) is -0.278. The topological polar surface area (TPSA) is 128 Å². The van der Waals surface area contributed by atoms with Crippen LogP contribution in [0.2, 0.25) is 0 Å². The first-order valence-electron chi connectivity index (χ1n) is 7.82. The molecule has 3 rings (SSSR count). The Morgan fingerprint density at radius 2 is 1.81 bits per heavy atom. The van der Waals surface area contributed by atoms with E-state index in [9.17, 15) is 21.6 Å². The van der Waals surface area contributed by atoms with E-state index in [2.05, 4.69) is 15.0 Å². The lowest BCUT2D eigenvalue weighted by atomic mass is 10.3. The normalized spacial score (nSPS) is 15.9. The second-order valence-corrected chi connectivity index (χ2v) is 10.0. The molecule has 0 unspecified atom stereocenters. The monoisotopic (exact) mass is 414 g/mol. The van der Waals surface area contributed by atoms with Gasteiger partial charge in [-0.05, 0) is 24.3 Å². The average Bonchev–Trinajstić information content (AvgIpc) is 3.00. The van der Waals surface area contributed by atoms with Gasteiger partial charge in [0.25, 0.3) is 0 Å². The number of aryl methyl sites for hydroxylation is 1. The third kappa shape index (κ3) is 3.55. The average molecular weight is 414 g/mol. The van der Waals surface area contributed by atoms with E-state index in [1.165, 1.54) is 48.3 Å². The lowest BCUT2D eigenvalue weighted by Gasteiger charge is -2.37. The molecule has 0 atom stereocenters. The first-order chi connectivity index (χ1) is 12.7. The van der Waals surface area contributed by atoms with Crippen molar-refractivity contribution in [2.45, 2.75) is 15.3 Å². The summed E-state index contributed by atoms with van der Waals surface area (Å²) in [6, 6.07) is 5.51. The molecule has 1 N–H and O–H groups in total. The van der Waals surface area contributed by atoms with Crippen LogP contribution in [-0.4, -0.2) is 62.2 Å². The number of rotatable bonds is 5. The summed E-state index contributed by atoms with van der Waals surface area (Å²) in [5.74, 6) is 0. The molecule has 12 heteroatoms. The smallest absolute Gasteiger partial charge is 0.411 e. The number of nitrogens with one attached hydrogen (secondary N) is 1. The number of nitrogens with zero attached hydrogens (tertiary/aromatic N) is 3. The van der Waals surface area contributed by atoms with E-state index in [0.29, 0.717) is 5.69 Å². The van der Waals surface area contributed by atoms with Crippen LogP contribution < -0.4 is 5.32 Å². The van der Waals surface area contributed by atoms with Crippen molar-refractivity contribution in [3.05, 3.63) is 36.7 Å². The van der Waals surface area contributed by atoms with Gasteiger partial charge in [-0.3, -0.25) is 5.32 Å². The van der Waals surface area contributed by atoms with E-state index >= 15 is 0 Å². The Morgan fingerprint density at radius 1 is 1.19 bits per heavy atom. The molecule has 146 valence electrons. The summed E-state index contributed by atoms with van der Waals surface area (Å²) < 4.78 is 57.3. The van der Waals surface area contributed by atoms with Gasteiger partial charge in [0.15, 0.2) is 0 Å². The fourth-order valence-electron chi connectivity index (χ4n) is 2.60. The second kappa shape index (κ2) is 6.94. The summed E-state index contributed by atoms with van der Waals surface area (Å²) >= 11 is 0. The number of amides is 1. The maximum atomic E-state index is 12.6. The standard InChI is InChI=1S/C15H18N4O6S2/c1-18-8-7-16-14(18)26(21,22)13-9-19(10-13)27(23,24)12-5-3-11(4-6-12)17-15(20)25-2/h3-8,13H,9-10H2,1-2H3,(H,17,20). The molecule has 10 nitrogen and oxygen atoms in total. The van der Waals surface area contributed by atoms with Crippen LogP contribution in [0.3, 0.4) is 0 Å². The lowest BCUT2D eigenvalue weighted by molar-refractivity contribution is 0.187. The quantitative estimate of drug-likeness (QED) is 0.752. The Balaban J connectivity index is 1.71. The van der Waals surface area contributed by atoms with Crippen LogP contribution in [-0.2, 0) is 31.6 Å². The largest absolute Gasteiger partial charge is 0.453 e. The highest BCUT2D eigenvalue weighted by molar-refractivity contribution is 7.92. The number of methoxy groups -OCH3 is 1. The molecule has 2 aromatic rings. The molecular weight excluding hydrogens is 396 g/mol. The number of aromatic nitrogens is 2. The molecule has 1 aromatic carbocycles. The van der Waals surface area contributed by atoms with E-state index in [1.807, 2.05) is 0 Å². The molecule has 1 aliphatic heterocycles. The zero-order valence-corrected chi connectivity index (χ0v) is 16.2. The molecule has 27 heavy (non-hydrogen) atoms. The summed E-state index contributed by atoms with van der Waals surface area (Å²) in [7, 11) is -4.75. The minimum Gasteiger partial charge on any atom is -0.453 e. The second-order valence-electron chi connectivity index (χ2n) is 5.95. The Bertz CT molecular complexity index is 1050. The highest BCUT2D eigenvalue weighted by atomic mass is 32.2. The van der Waals surface area contributed by atoms with Gasteiger partial charge in [0, 0.05) is 38.2 Å². The molecule has 2 heterocycles. The highest BCUT2D eigenvalue weighted by Crippen LogP contribution is 2.28. The number of hydrogen-bond donors (Lipinski definition) is 1. The molecule has 1 saturated heterocycles. The lowest BCUT2D eigenvalue weighted by Crippen LogP contribution is -2.56. The molecule has 0 saturated carbocycles. The number of sulfone groups is 1. The number of carbonyl (C=O) groups is 1. The predicted octanol–water partition coefficient (Wildman–Crippen LogP) is 0.445. The van der Waals surface area contributed by atoms with Crippen molar-refractivity contribution < 1.29 is 26.4 Å². The van der Waals surface area contributed by atoms with Crippen molar-refractivity contribution in [2.75, 3.05) is 25.5 Å². The molecule has 1 amide bonds. The first kappa shape index (κ1) is 19.3. The van der Waals surface area contributed by atoms with Gasteiger partial charge >= 0.3 is 6.09 Å². The fourth-order valence-corrected chi connectivity index (χ4v) is 6.04. The first-order valence-corrected chi connectivity index (χ1v) is 10.8. The van der Waals surface area contributed by atoms with Crippen molar-refractivity contribution in [1.29, 1.82) is 0 Å². The molecular formula is C15H18N4O6S2. The molecule has 0 radical (unpaired) electrons. The van der Waals surface area contributed by atoms with Crippen molar-refractivity contribution >= 4 is 31.6 Å². The van der Waals surface area contributed by atoms with E-state index in [0.717, 1.165) is 4.31 Å². The number of hydrogen-bond acceptors (Lipinski definition) is 7.